The van der Waals surface area contributed by atoms with E-state index in [4.69, 9.17) is 15.3 Å². The summed E-state index contributed by atoms with van der Waals surface area (Å²) in [5.74, 6) is 0.0871. The fourth-order valence-corrected chi connectivity index (χ4v) is 1.58. The highest BCUT2D eigenvalue weighted by Gasteiger charge is 2.21. The van der Waals surface area contributed by atoms with Gasteiger partial charge in [0.25, 0.3) is 0 Å². The van der Waals surface area contributed by atoms with Crippen molar-refractivity contribution in [3.8, 4) is 0 Å². The summed E-state index contributed by atoms with van der Waals surface area (Å²) in [6.07, 6.45) is 0.997. The van der Waals surface area contributed by atoms with E-state index in [-0.39, 0.29) is 19.0 Å². The molecule has 1 aromatic heterocycles. The molecule has 0 aliphatic carbocycles. The maximum Gasteiger partial charge on any atom is 0.382 e. The molecule has 0 unspecified atom stereocenters. The summed E-state index contributed by atoms with van der Waals surface area (Å²) >= 11 is 0. The van der Waals surface area contributed by atoms with Crippen molar-refractivity contribution in [1.82, 2.24) is 9.71 Å². The van der Waals surface area contributed by atoms with Gasteiger partial charge in [-0.2, -0.15) is 4.98 Å². The summed E-state index contributed by atoms with van der Waals surface area (Å²) in [7, 11) is -0.769. The molecule has 10 heteroatoms. The van der Waals surface area contributed by atoms with Gasteiger partial charge in [-0.25, -0.2) is 4.79 Å². The minimum absolute atomic E-state index is 0.0871. The summed E-state index contributed by atoms with van der Waals surface area (Å²) < 4.78 is 26.6. The fourth-order valence-electron chi connectivity index (χ4n) is 0.926. The highest BCUT2D eigenvalue weighted by atomic mass is 31.2. The van der Waals surface area contributed by atoms with E-state index in [2.05, 4.69) is 14.0 Å². The van der Waals surface area contributed by atoms with Crippen molar-refractivity contribution in [2.24, 2.45) is 0 Å². The Morgan fingerprint density at radius 1 is 1.44 bits per heavy atom. The molecule has 0 fully saturated rings. The first kappa shape index (κ1) is 14.7. The van der Waals surface area contributed by atoms with Crippen molar-refractivity contribution < 1.29 is 23.2 Å². The second kappa shape index (κ2) is 6.50. The Labute approximate surface area is 103 Å². The van der Waals surface area contributed by atoms with Crippen molar-refractivity contribution in [3.63, 3.8) is 0 Å². The molecule has 0 saturated heterocycles. The third kappa shape index (κ3) is 4.11. The predicted molar refractivity (Wildman–Crippen MR) is 61.9 cm³/mol. The number of rotatable bonds is 7. The third-order valence-electron chi connectivity index (χ3n) is 1.87. The molecule has 9 nitrogen and oxygen atoms in total. The van der Waals surface area contributed by atoms with Crippen molar-refractivity contribution >= 4 is 13.4 Å². The Morgan fingerprint density at radius 3 is 2.67 bits per heavy atom. The normalized spacial score (nSPS) is 11.4. The quantitative estimate of drug-likeness (QED) is 0.410. The molecule has 102 valence electrons. The molecule has 0 spiro atoms. The first-order chi connectivity index (χ1) is 8.50. The van der Waals surface area contributed by atoms with Crippen molar-refractivity contribution in [2.75, 3.05) is 33.1 Å². The maximum absolute atomic E-state index is 11.6. The lowest BCUT2D eigenvalue weighted by Gasteiger charge is -2.13. The SMILES string of the molecule is COP(=O)(COCOn1ccc(N)nc1=O)OC. The largest absolute Gasteiger partial charge is 0.383 e. The standard InChI is InChI=1S/C8H14N3O6P/c1-14-18(13,15-2)6-16-5-17-11-4-3-7(9)10-8(11)12/h3-4H,5-6H2,1-2H3,(H2,9,10,12). The van der Waals surface area contributed by atoms with Gasteiger partial charge in [0, 0.05) is 20.3 Å². The van der Waals surface area contributed by atoms with Gasteiger partial charge in [0.2, 0.25) is 6.79 Å². The molecule has 1 aromatic rings. The van der Waals surface area contributed by atoms with Crippen LogP contribution in [0.3, 0.4) is 0 Å². The van der Waals surface area contributed by atoms with Gasteiger partial charge in [-0.15, -0.1) is 4.73 Å². The first-order valence-electron chi connectivity index (χ1n) is 4.77. The molecule has 2 N–H and O–H groups in total. The molecule has 0 aliphatic heterocycles. The average Bonchev–Trinajstić information content (AvgIpc) is 2.36. The van der Waals surface area contributed by atoms with Crippen LogP contribution in [0.25, 0.3) is 0 Å². The van der Waals surface area contributed by atoms with Crippen LogP contribution in [0.5, 0.6) is 0 Å². The summed E-state index contributed by atoms with van der Waals surface area (Å²) in [6, 6.07) is 1.39. The van der Waals surface area contributed by atoms with Crippen LogP contribution in [0.15, 0.2) is 17.1 Å². The molecule has 1 heterocycles. The third-order valence-corrected chi connectivity index (χ3v) is 3.49. The molecule has 18 heavy (non-hydrogen) atoms. The number of nitrogen functional groups attached to an aromatic ring is 1. The number of nitrogens with two attached hydrogens (primary N) is 1. The number of aromatic nitrogens is 2. The molecular weight excluding hydrogens is 265 g/mol. The Kier molecular flexibility index (Phi) is 5.29. The van der Waals surface area contributed by atoms with E-state index in [1.807, 2.05) is 0 Å². The van der Waals surface area contributed by atoms with Crippen LogP contribution in [0, 0.1) is 0 Å². The van der Waals surface area contributed by atoms with Gasteiger partial charge in [-0.3, -0.25) is 4.57 Å². The lowest BCUT2D eigenvalue weighted by Crippen LogP contribution is -2.30. The zero-order valence-electron chi connectivity index (χ0n) is 9.94. The van der Waals surface area contributed by atoms with E-state index in [1.165, 1.54) is 26.5 Å². The minimum Gasteiger partial charge on any atom is -0.383 e. The minimum atomic E-state index is -3.25. The van der Waals surface area contributed by atoms with Crippen LogP contribution in [0.4, 0.5) is 5.82 Å². The van der Waals surface area contributed by atoms with Gasteiger partial charge in [0.05, 0.1) is 6.20 Å². The zero-order chi connectivity index (χ0) is 13.6. The van der Waals surface area contributed by atoms with Gasteiger partial charge in [0.15, 0.2) is 6.35 Å². The summed E-state index contributed by atoms with van der Waals surface area (Å²) in [4.78, 5) is 19.6. The van der Waals surface area contributed by atoms with Crippen LogP contribution < -0.4 is 16.3 Å². The number of hydrogen-bond donors (Lipinski definition) is 1. The highest BCUT2D eigenvalue weighted by molar-refractivity contribution is 7.53. The summed E-state index contributed by atoms with van der Waals surface area (Å²) in [5, 5.41) is 0. The van der Waals surface area contributed by atoms with E-state index >= 15 is 0 Å². The molecular formula is C8H14N3O6P. The predicted octanol–water partition coefficient (Wildman–Crippen LogP) is -0.328. The second-order valence-electron chi connectivity index (χ2n) is 3.02. The smallest absolute Gasteiger partial charge is 0.382 e. The van der Waals surface area contributed by atoms with Crippen LogP contribution >= 0.6 is 7.60 Å². The topological polar surface area (TPSA) is 115 Å². The molecule has 0 atom stereocenters. The van der Waals surface area contributed by atoms with Gasteiger partial charge in [-0.1, -0.05) is 0 Å². The number of nitrogens with zero attached hydrogens (tertiary/aromatic N) is 2. The van der Waals surface area contributed by atoms with E-state index in [1.54, 1.807) is 0 Å². The Hall–Kier alpha value is -1.41. The van der Waals surface area contributed by atoms with Gasteiger partial charge in [0.1, 0.15) is 5.82 Å². The van der Waals surface area contributed by atoms with Crippen LogP contribution in [-0.4, -0.2) is 37.1 Å². The first-order valence-corrected chi connectivity index (χ1v) is 6.50. The van der Waals surface area contributed by atoms with Gasteiger partial charge < -0.3 is 24.4 Å². The second-order valence-corrected chi connectivity index (χ2v) is 5.23. The Morgan fingerprint density at radius 2 is 2.11 bits per heavy atom. The lowest BCUT2D eigenvalue weighted by atomic mass is 10.6. The molecule has 0 aliphatic rings. The van der Waals surface area contributed by atoms with E-state index < -0.39 is 13.3 Å². The van der Waals surface area contributed by atoms with Crippen molar-refractivity contribution in [2.45, 2.75) is 0 Å². The summed E-state index contributed by atoms with van der Waals surface area (Å²) in [5.41, 5.74) is 4.61. The van der Waals surface area contributed by atoms with Crippen molar-refractivity contribution in [1.29, 1.82) is 0 Å². The van der Waals surface area contributed by atoms with E-state index in [9.17, 15) is 9.36 Å². The van der Waals surface area contributed by atoms with Gasteiger partial charge >= 0.3 is 13.3 Å². The number of anilines is 1. The molecule has 0 aromatic carbocycles. The molecule has 0 amide bonds. The van der Waals surface area contributed by atoms with Gasteiger partial charge in [-0.05, 0) is 0 Å². The van der Waals surface area contributed by atoms with Crippen molar-refractivity contribution in [3.05, 3.63) is 22.7 Å². The van der Waals surface area contributed by atoms with Crippen LogP contribution in [0.2, 0.25) is 0 Å². The molecule has 0 bridgehead atoms. The summed E-state index contributed by atoms with van der Waals surface area (Å²) in [6.45, 7) is -0.317. The maximum atomic E-state index is 11.6. The Bertz CT molecular complexity index is 482. The highest BCUT2D eigenvalue weighted by Crippen LogP contribution is 2.45. The molecule has 0 radical (unpaired) electrons. The zero-order valence-corrected chi connectivity index (χ0v) is 10.8. The number of ether oxygens (including phenoxy) is 1. The fraction of sp³-hybridized carbons (Fsp3) is 0.500. The van der Waals surface area contributed by atoms with E-state index in [0.717, 1.165) is 4.73 Å². The van der Waals surface area contributed by atoms with Crippen LogP contribution in [0.1, 0.15) is 0 Å². The average molecular weight is 279 g/mol. The Balaban J connectivity index is 2.43. The van der Waals surface area contributed by atoms with Crippen LogP contribution in [-0.2, 0) is 18.3 Å². The monoisotopic (exact) mass is 279 g/mol. The lowest BCUT2D eigenvalue weighted by molar-refractivity contribution is -0.0541. The molecule has 0 saturated carbocycles. The van der Waals surface area contributed by atoms with E-state index in [0.29, 0.717) is 0 Å². The number of hydrogen-bond acceptors (Lipinski definition) is 8. The molecule has 1 rings (SSSR count).